The minimum atomic E-state index is -0.857. The number of rotatable bonds is 9. The number of nitrogens with two attached hydrogens (primary N) is 1. The summed E-state index contributed by atoms with van der Waals surface area (Å²) in [5.74, 6) is -0.238. The number of carbonyl (C=O) groups excluding carboxylic acids is 2. The predicted octanol–water partition coefficient (Wildman–Crippen LogP) is 1.24. The van der Waals surface area contributed by atoms with Crippen LogP contribution in [0.4, 0.5) is 4.79 Å². The van der Waals surface area contributed by atoms with E-state index in [-0.39, 0.29) is 25.2 Å². The molecule has 0 heterocycles. The summed E-state index contributed by atoms with van der Waals surface area (Å²) < 4.78 is 9.96. The highest BCUT2D eigenvalue weighted by atomic mass is 16.5. The zero-order valence-corrected chi connectivity index (χ0v) is 12.2. The summed E-state index contributed by atoms with van der Waals surface area (Å²) in [4.78, 5) is 22.5. The van der Waals surface area contributed by atoms with E-state index >= 15 is 0 Å². The lowest BCUT2D eigenvalue weighted by molar-refractivity contribution is -0.126. The highest BCUT2D eigenvalue weighted by Crippen LogP contribution is 2.04. The van der Waals surface area contributed by atoms with Crippen molar-refractivity contribution in [2.75, 3.05) is 19.8 Å². The first-order valence-corrected chi connectivity index (χ1v) is 6.95. The standard InChI is InChI=1S/C15H22N2O4/c1-2-8-20-11-14(18)17-13(10-21-15(16)19)9-12-6-4-3-5-7-12/h3-7,13H,2,8-11H2,1H3,(H2,16,19)(H,17,18)/t13-/m0/s1. The Hall–Kier alpha value is -2.08. The van der Waals surface area contributed by atoms with Crippen LogP contribution >= 0.6 is 0 Å². The van der Waals surface area contributed by atoms with Gasteiger partial charge in [-0.3, -0.25) is 4.79 Å². The highest BCUT2D eigenvalue weighted by molar-refractivity contribution is 5.77. The Bertz CT molecular complexity index is 437. The molecule has 1 atom stereocenters. The maximum atomic E-state index is 11.8. The molecule has 0 radical (unpaired) electrons. The van der Waals surface area contributed by atoms with Crippen LogP contribution in [0.5, 0.6) is 0 Å². The molecule has 21 heavy (non-hydrogen) atoms. The van der Waals surface area contributed by atoms with Crippen LogP contribution in [0.3, 0.4) is 0 Å². The maximum Gasteiger partial charge on any atom is 0.404 e. The zero-order chi connectivity index (χ0) is 15.5. The van der Waals surface area contributed by atoms with Crippen molar-refractivity contribution in [1.29, 1.82) is 0 Å². The molecule has 0 spiro atoms. The van der Waals surface area contributed by atoms with Crippen LogP contribution in [-0.4, -0.2) is 37.9 Å². The van der Waals surface area contributed by atoms with Crippen LogP contribution in [0, 0.1) is 0 Å². The molecule has 0 fully saturated rings. The molecule has 0 aliphatic heterocycles. The quantitative estimate of drug-likeness (QED) is 0.670. The van der Waals surface area contributed by atoms with Crippen molar-refractivity contribution >= 4 is 12.0 Å². The number of benzene rings is 1. The molecule has 0 unspecified atom stereocenters. The largest absolute Gasteiger partial charge is 0.448 e. The van der Waals surface area contributed by atoms with Crippen LogP contribution in [0.2, 0.25) is 0 Å². The summed E-state index contributed by atoms with van der Waals surface area (Å²) in [6, 6.07) is 9.28. The fourth-order valence-corrected chi connectivity index (χ4v) is 1.81. The number of carbonyl (C=O) groups is 2. The molecule has 3 N–H and O–H groups in total. The van der Waals surface area contributed by atoms with Gasteiger partial charge in [0.25, 0.3) is 0 Å². The van der Waals surface area contributed by atoms with Gasteiger partial charge in [-0.25, -0.2) is 4.79 Å². The van der Waals surface area contributed by atoms with E-state index in [0.29, 0.717) is 13.0 Å². The molecule has 0 saturated carbocycles. The molecule has 6 nitrogen and oxygen atoms in total. The van der Waals surface area contributed by atoms with Gasteiger partial charge >= 0.3 is 6.09 Å². The predicted molar refractivity (Wildman–Crippen MR) is 78.7 cm³/mol. The van der Waals surface area contributed by atoms with Gasteiger partial charge in [0.05, 0.1) is 6.04 Å². The molecule has 0 aliphatic carbocycles. The van der Waals surface area contributed by atoms with E-state index in [4.69, 9.17) is 15.2 Å². The smallest absolute Gasteiger partial charge is 0.404 e. The Morgan fingerprint density at radius 3 is 2.62 bits per heavy atom. The van der Waals surface area contributed by atoms with Crippen molar-refractivity contribution in [2.24, 2.45) is 5.73 Å². The Morgan fingerprint density at radius 2 is 2.00 bits per heavy atom. The van der Waals surface area contributed by atoms with Crippen LogP contribution in [0.25, 0.3) is 0 Å². The highest BCUT2D eigenvalue weighted by Gasteiger charge is 2.15. The summed E-state index contributed by atoms with van der Waals surface area (Å²) >= 11 is 0. The van der Waals surface area contributed by atoms with E-state index in [1.165, 1.54) is 0 Å². The van der Waals surface area contributed by atoms with Gasteiger partial charge in [0.15, 0.2) is 0 Å². The van der Waals surface area contributed by atoms with Gasteiger partial charge in [0, 0.05) is 6.61 Å². The van der Waals surface area contributed by atoms with Crippen LogP contribution in [-0.2, 0) is 20.7 Å². The SMILES string of the molecule is CCCOCC(=O)N[C@H](COC(N)=O)Cc1ccccc1. The van der Waals surface area contributed by atoms with E-state index in [1.807, 2.05) is 37.3 Å². The first kappa shape index (κ1) is 17.0. The molecule has 1 rings (SSSR count). The van der Waals surface area contributed by atoms with Gasteiger partial charge in [-0.1, -0.05) is 37.3 Å². The normalized spacial score (nSPS) is 11.7. The molecular weight excluding hydrogens is 272 g/mol. The van der Waals surface area contributed by atoms with E-state index in [0.717, 1.165) is 12.0 Å². The van der Waals surface area contributed by atoms with Gasteiger partial charge in [-0.15, -0.1) is 0 Å². The van der Waals surface area contributed by atoms with Crippen molar-refractivity contribution in [3.8, 4) is 0 Å². The number of nitrogens with one attached hydrogen (secondary N) is 1. The van der Waals surface area contributed by atoms with E-state index < -0.39 is 6.09 Å². The fraction of sp³-hybridized carbons (Fsp3) is 0.467. The number of amides is 2. The molecule has 0 aliphatic rings. The number of ether oxygens (including phenoxy) is 2. The minimum Gasteiger partial charge on any atom is -0.448 e. The van der Waals surface area contributed by atoms with Crippen molar-refractivity contribution in [3.63, 3.8) is 0 Å². The number of hydrogen-bond acceptors (Lipinski definition) is 4. The van der Waals surface area contributed by atoms with Crippen molar-refractivity contribution < 1.29 is 19.1 Å². The second-order valence-corrected chi connectivity index (χ2v) is 4.64. The second kappa shape index (κ2) is 9.77. The summed E-state index contributed by atoms with van der Waals surface area (Å²) in [5, 5.41) is 2.78. The molecule has 0 aromatic heterocycles. The molecule has 1 aromatic rings. The average molecular weight is 294 g/mol. The van der Waals surface area contributed by atoms with Crippen molar-refractivity contribution in [2.45, 2.75) is 25.8 Å². The average Bonchev–Trinajstić information content (AvgIpc) is 2.46. The second-order valence-electron chi connectivity index (χ2n) is 4.64. The van der Waals surface area contributed by atoms with Gasteiger partial charge in [-0.2, -0.15) is 0 Å². The zero-order valence-electron chi connectivity index (χ0n) is 12.2. The third-order valence-electron chi connectivity index (χ3n) is 2.70. The third kappa shape index (κ3) is 7.94. The fourth-order valence-electron chi connectivity index (χ4n) is 1.81. The van der Waals surface area contributed by atoms with Crippen LogP contribution < -0.4 is 11.1 Å². The Balaban J connectivity index is 2.51. The van der Waals surface area contributed by atoms with Crippen molar-refractivity contribution in [3.05, 3.63) is 35.9 Å². The summed E-state index contributed by atoms with van der Waals surface area (Å²) in [6.07, 6.45) is 0.545. The molecule has 0 saturated heterocycles. The molecule has 2 amide bonds. The third-order valence-corrected chi connectivity index (χ3v) is 2.70. The van der Waals surface area contributed by atoms with Crippen molar-refractivity contribution in [1.82, 2.24) is 5.32 Å². The van der Waals surface area contributed by atoms with Gasteiger partial charge < -0.3 is 20.5 Å². The summed E-state index contributed by atoms with van der Waals surface area (Å²) in [5.41, 5.74) is 6.00. The van der Waals surface area contributed by atoms with Gasteiger partial charge in [0.1, 0.15) is 13.2 Å². The maximum absolute atomic E-state index is 11.8. The molecule has 0 bridgehead atoms. The lowest BCUT2D eigenvalue weighted by atomic mass is 10.1. The topological polar surface area (TPSA) is 90.7 Å². The first-order chi connectivity index (χ1) is 10.1. The lowest BCUT2D eigenvalue weighted by Gasteiger charge is -2.18. The van der Waals surface area contributed by atoms with Crippen LogP contribution in [0.15, 0.2) is 30.3 Å². The Morgan fingerprint density at radius 1 is 1.29 bits per heavy atom. The Labute approximate surface area is 124 Å². The van der Waals surface area contributed by atoms with Crippen LogP contribution in [0.1, 0.15) is 18.9 Å². The molecule has 1 aromatic carbocycles. The van der Waals surface area contributed by atoms with E-state index in [9.17, 15) is 9.59 Å². The van der Waals surface area contributed by atoms with Gasteiger partial charge in [0.2, 0.25) is 5.91 Å². The molecule has 116 valence electrons. The van der Waals surface area contributed by atoms with E-state index in [2.05, 4.69) is 5.32 Å². The summed E-state index contributed by atoms with van der Waals surface area (Å²) in [6.45, 7) is 2.53. The lowest BCUT2D eigenvalue weighted by Crippen LogP contribution is -2.42. The number of hydrogen-bond donors (Lipinski definition) is 2. The molecular formula is C15H22N2O4. The first-order valence-electron chi connectivity index (χ1n) is 6.95. The minimum absolute atomic E-state index is 0.00426. The monoisotopic (exact) mass is 294 g/mol. The Kier molecular flexibility index (Phi) is 7.89. The molecule has 6 heteroatoms. The van der Waals surface area contributed by atoms with Gasteiger partial charge in [-0.05, 0) is 18.4 Å². The number of primary amides is 1. The summed E-state index contributed by atoms with van der Waals surface area (Å²) in [7, 11) is 0. The van der Waals surface area contributed by atoms with E-state index in [1.54, 1.807) is 0 Å².